The van der Waals surface area contributed by atoms with E-state index < -0.39 is 0 Å². The molecule has 0 N–H and O–H groups in total. The molecular weight excluding hydrogens is 234 g/mol. The Bertz CT molecular complexity index is 493. The van der Waals surface area contributed by atoms with Crippen LogP contribution in [-0.4, -0.2) is 17.5 Å². The van der Waals surface area contributed by atoms with Crippen molar-refractivity contribution < 1.29 is 9.26 Å². The van der Waals surface area contributed by atoms with E-state index in [1.807, 2.05) is 18.2 Å². The molecule has 2 rings (SSSR count). The Morgan fingerprint density at radius 1 is 1.41 bits per heavy atom. The van der Waals surface area contributed by atoms with Crippen LogP contribution < -0.4 is 4.74 Å². The molecule has 1 heterocycles. The van der Waals surface area contributed by atoms with E-state index in [0.29, 0.717) is 12.5 Å². The monoisotopic (exact) mass is 251 g/mol. The largest absolute Gasteiger partial charge is 0.492 e. The lowest BCUT2D eigenvalue weighted by atomic mass is 10.1. The molecule has 0 bridgehead atoms. The number of thiol groups is 1. The standard InChI is InChI=1S/C13H17NO2S/c1-9(2)8-15-11-4-3-5-12-13(11)10(6-7-17)14-16-12/h3-5,9,17H,6-8H2,1-2H3. The summed E-state index contributed by atoms with van der Waals surface area (Å²) in [7, 11) is 0. The minimum atomic E-state index is 0.499. The van der Waals surface area contributed by atoms with E-state index in [1.54, 1.807) is 0 Å². The topological polar surface area (TPSA) is 35.3 Å². The maximum atomic E-state index is 5.80. The van der Waals surface area contributed by atoms with Crippen LogP contribution in [0, 0.1) is 5.92 Å². The number of ether oxygens (including phenoxy) is 1. The van der Waals surface area contributed by atoms with Crippen molar-refractivity contribution in [3.63, 3.8) is 0 Å². The summed E-state index contributed by atoms with van der Waals surface area (Å²) in [6.07, 6.45) is 0.790. The number of hydrogen-bond donors (Lipinski definition) is 1. The van der Waals surface area contributed by atoms with Gasteiger partial charge >= 0.3 is 0 Å². The van der Waals surface area contributed by atoms with Crippen LogP contribution in [0.5, 0.6) is 5.75 Å². The second kappa shape index (κ2) is 5.45. The van der Waals surface area contributed by atoms with Crippen LogP contribution in [-0.2, 0) is 6.42 Å². The van der Waals surface area contributed by atoms with Gasteiger partial charge < -0.3 is 9.26 Å². The van der Waals surface area contributed by atoms with Crippen molar-refractivity contribution in [1.82, 2.24) is 5.16 Å². The van der Waals surface area contributed by atoms with E-state index in [-0.39, 0.29) is 0 Å². The SMILES string of the molecule is CC(C)COc1cccc2onc(CCS)c12. The first kappa shape index (κ1) is 12.3. The Morgan fingerprint density at radius 3 is 2.94 bits per heavy atom. The van der Waals surface area contributed by atoms with Crippen LogP contribution in [0.2, 0.25) is 0 Å². The predicted octanol–water partition coefficient (Wildman–Crippen LogP) is 3.33. The van der Waals surface area contributed by atoms with Gasteiger partial charge in [-0.05, 0) is 23.8 Å². The van der Waals surface area contributed by atoms with E-state index in [4.69, 9.17) is 9.26 Å². The fraction of sp³-hybridized carbons (Fsp3) is 0.462. The summed E-state index contributed by atoms with van der Waals surface area (Å²) >= 11 is 4.23. The van der Waals surface area contributed by atoms with Gasteiger partial charge in [-0.3, -0.25) is 0 Å². The van der Waals surface area contributed by atoms with E-state index >= 15 is 0 Å². The van der Waals surface area contributed by atoms with Crippen LogP contribution in [0.3, 0.4) is 0 Å². The Balaban J connectivity index is 2.36. The molecule has 0 unspecified atom stereocenters. The first-order chi connectivity index (χ1) is 8.22. The molecule has 92 valence electrons. The summed E-state index contributed by atoms with van der Waals surface area (Å²) in [5, 5.41) is 5.06. The third kappa shape index (κ3) is 2.75. The van der Waals surface area contributed by atoms with Gasteiger partial charge in [0.1, 0.15) is 5.75 Å². The first-order valence-electron chi connectivity index (χ1n) is 5.83. The van der Waals surface area contributed by atoms with E-state index in [2.05, 4.69) is 31.6 Å². The Labute approximate surface area is 107 Å². The summed E-state index contributed by atoms with van der Waals surface area (Å²) in [5.74, 6) is 2.10. The molecule has 0 amide bonds. The minimum absolute atomic E-state index is 0.499. The Kier molecular flexibility index (Phi) is 3.94. The number of benzene rings is 1. The quantitative estimate of drug-likeness (QED) is 0.828. The average Bonchev–Trinajstić information content (AvgIpc) is 2.71. The lowest BCUT2D eigenvalue weighted by Gasteiger charge is -2.09. The van der Waals surface area contributed by atoms with Gasteiger partial charge in [0.05, 0.1) is 17.7 Å². The summed E-state index contributed by atoms with van der Waals surface area (Å²) in [4.78, 5) is 0. The molecule has 0 atom stereocenters. The Morgan fingerprint density at radius 2 is 2.24 bits per heavy atom. The lowest BCUT2D eigenvalue weighted by molar-refractivity contribution is 0.274. The van der Waals surface area contributed by atoms with Crippen LogP contribution in [0.15, 0.2) is 22.7 Å². The van der Waals surface area contributed by atoms with Crippen molar-refractivity contribution >= 4 is 23.6 Å². The molecule has 0 aliphatic heterocycles. The van der Waals surface area contributed by atoms with Gasteiger partial charge in [0.15, 0.2) is 5.58 Å². The molecule has 0 aliphatic rings. The molecule has 2 aromatic rings. The number of rotatable bonds is 5. The van der Waals surface area contributed by atoms with Gasteiger partial charge in [0, 0.05) is 6.42 Å². The summed E-state index contributed by atoms with van der Waals surface area (Å²) in [6, 6.07) is 5.80. The molecule has 0 saturated heterocycles. The first-order valence-corrected chi connectivity index (χ1v) is 6.46. The van der Waals surface area contributed by atoms with Crippen LogP contribution >= 0.6 is 12.6 Å². The molecule has 4 heteroatoms. The third-order valence-electron chi connectivity index (χ3n) is 2.45. The van der Waals surface area contributed by atoms with Gasteiger partial charge in [-0.2, -0.15) is 12.6 Å². The van der Waals surface area contributed by atoms with Crippen LogP contribution in [0.4, 0.5) is 0 Å². The zero-order valence-corrected chi connectivity index (χ0v) is 11.0. The van der Waals surface area contributed by atoms with Gasteiger partial charge in [0.25, 0.3) is 0 Å². The molecule has 0 radical (unpaired) electrons. The maximum absolute atomic E-state index is 5.80. The lowest BCUT2D eigenvalue weighted by Crippen LogP contribution is -2.05. The minimum Gasteiger partial charge on any atom is -0.492 e. The van der Waals surface area contributed by atoms with Gasteiger partial charge in [0.2, 0.25) is 0 Å². The number of aromatic nitrogens is 1. The second-order valence-corrected chi connectivity index (χ2v) is 4.88. The molecule has 1 aromatic heterocycles. The van der Waals surface area contributed by atoms with Crippen molar-refractivity contribution in [2.45, 2.75) is 20.3 Å². The highest BCUT2D eigenvalue weighted by Gasteiger charge is 2.13. The molecular formula is C13H17NO2S. The molecule has 0 spiro atoms. The van der Waals surface area contributed by atoms with Crippen LogP contribution in [0.1, 0.15) is 19.5 Å². The molecule has 1 aromatic carbocycles. The van der Waals surface area contributed by atoms with E-state index in [1.165, 1.54) is 0 Å². The molecule has 3 nitrogen and oxygen atoms in total. The molecule has 0 aliphatic carbocycles. The van der Waals surface area contributed by atoms with Gasteiger partial charge in [-0.1, -0.05) is 25.1 Å². The summed E-state index contributed by atoms with van der Waals surface area (Å²) < 4.78 is 11.1. The van der Waals surface area contributed by atoms with Crippen molar-refractivity contribution in [3.05, 3.63) is 23.9 Å². The predicted molar refractivity (Wildman–Crippen MR) is 71.9 cm³/mol. The third-order valence-corrected chi connectivity index (χ3v) is 2.68. The van der Waals surface area contributed by atoms with Gasteiger partial charge in [-0.25, -0.2) is 0 Å². The summed E-state index contributed by atoms with van der Waals surface area (Å²) in [6.45, 7) is 4.95. The number of fused-ring (bicyclic) bond motifs is 1. The highest BCUT2D eigenvalue weighted by atomic mass is 32.1. The van der Waals surface area contributed by atoms with Crippen molar-refractivity contribution in [1.29, 1.82) is 0 Å². The zero-order chi connectivity index (χ0) is 12.3. The highest BCUT2D eigenvalue weighted by molar-refractivity contribution is 7.80. The van der Waals surface area contributed by atoms with Gasteiger partial charge in [-0.15, -0.1) is 0 Å². The van der Waals surface area contributed by atoms with Crippen LogP contribution in [0.25, 0.3) is 11.0 Å². The maximum Gasteiger partial charge on any atom is 0.170 e. The zero-order valence-electron chi connectivity index (χ0n) is 10.1. The average molecular weight is 251 g/mol. The molecule has 17 heavy (non-hydrogen) atoms. The number of nitrogens with zero attached hydrogens (tertiary/aromatic N) is 1. The second-order valence-electron chi connectivity index (χ2n) is 4.44. The fourth-order valence-corrected chi connectivity index (χ4v) is 1.89. The van der Waals surface area contributed by atoms with E-state index in [0.717, 1.165) is 34.6 Å². The summed E-state index contributed by atoms with van der Waals surface area (Å²) in [5.41, 5.74) is 1.71. The molecule has 0 fully saturated rings. The Hall–Kier alpha value is -1.16. The number of aryl methyl sites for hydroxylation is 1. The van der Waals surface area contributed by atoms with Crippen molar-refractivity contribution in [2.75, 3.05) is 12.4 Å². The van der Waals surface area contributed by atoms with E-state index in [9.17, 15) is 0 Å². The smallest absolute Gasteiger partial charge is 0.170 e. The normalized spacial score (nSPS) is 11.3. The number of hydrogen-bond acceptors (Lipinski definition) is 4. The fourth-order valence-electron chi connectivity index (χ4n) is 1.67. The molecule has 0 saturated carbocycles. The van der Waals surface area contributed by atoms with Crippen molar-refractivity contribution in [3.8, 4) is 5.75 Å². The van der Waals surface area contributed by atoms with Crippen molar-refractivity contribution in [2.24, 2.45) is 5.92 Å². The highest BCUT2D eigenvalue weighted by Crippen LogP contribution is 2.29.